The Morgan fingerprint density at radius 1 is 1.20 bits per heavy atom. The number of aliphatic carboxylic acids is 1. The maximum absolute atomic E-state index is 12.2. The van der Waals surface area contributed by atoms with Crippen LogP contribution in [0.3, 0.4) is 0 Å². The fourth-order valence-corrected chi connectivity index (χ4v) is 2.45. The number of rotatable bonds is 3. The monoisotopic (exact) mass is 279 g/mol. The lowest BCUT2D eigenvalue weighted by molar-refractivity contribution is -0.138. The topological polar surface area (TPSA) is 98.1 Å². The van der Waals surface area contributed by atoms with Crippen LogP contribution in [0.2, 0.25) is 0 Å². The average Bonchev–Trinajstić information content (AvgIpc) is 2.41. The molecule has 0 aromatic heterocycles. The van der Waals surface area contributed by atoms with Gasteiger partial charge in [-0.05, 0) is 37.0 Å². The summed E-state index contributed by atoms with van der Waals surface area (Å²) in [5, 5.41) is 27.8. The van der Waals surface area contributed by atoms with Crippen molar-refractivity contribution in [2.75, 3.05) is 13.1 Å². The predicted molar refractivity (Wildman–Crippen MR) is 70.7 cm³/mol. The number of hydrogen-bond donors (Lipinski definition) is 3. The number of benzene rings is 1. The van der Waals surface area contributed by atoms with Gasteiger partial charge >= 0.3 is 5.97 Å². The Hall–Kier alpha value is -2.24. The molecular weight excluding hydrogens is 262 g/mol. The quantitative estimate of drug-likeness (QED) is 0.727. The summed E-state index contributed by atoms with van der Waals surface area (Å²) >= 11 is 0. The van der Waals surface area contributed by atoms with E-state index in [4.69, 9.17) is 5.11 Å². The van der Waals surface area contributed by atoms with Crippen LogP contribution in [0, 0.1) is 5.92 Å². The van der Waals surface area contributed by atoms with Gasteiger partial charge in [-0.3, -0.25) is 9.59 Å². The van der Waals surface area contributed by atoms with Gasteiger partial charge in [0.15, 0.2) is 0 Å². The minimum atomic E-state index is -0.819. The second-order valence-corrected chi connectivity index (χ2v) is 5.03. The molecule has 2 rings (SSSR count). The van der Waals surface area contributed by atoms with Gasteiger partial charge in [0.1, 0.15) is 11.5 Å². The highest BCUT2D eigenvalue weighted by Crippen LogP contribution is 2.26. The number of hydrogen-bond acceptors (Lipinski definition) is 4. The van der Waals surface area contributed by atoms with E-state index in [1.165, 1.54) is 18.2 Å². The Morgan fingerprint density at radius 2 is 1.85 bits per heavy atom. The van der Waals surface area contributed by atoms with Gasteiger partial charge in [0.25, 0.3) is 5.91 Å². The summed E-state index contributed by atoms with van der Waals surface area (Å²) in [5.41, 5.74) is 0.0710. The van der Waals surface area contributed by atoms with Crippen LogP contribution in [-0.4, -0.2) is 45.2 Å². The van der Waals surface area contributed by atoms with E-state index in [1.54, 1.807) is 4.90 Å². The first-order valence-electron chi connectivity index (χ1n) is 6.50. The van der Waals surface area contributed by atoms with Crippen LogP contribution < -0.4 is 0 Å². The molecule has 1 heterocycles. The lowest BCUT2D eigenvalue weighted by atomic mass is 9.93. The van der Waals surface area contributed by atoms with E-state index in [-0.39, 0.29) is 35.3 Å². The summed E-state index contributed by atoms with van der Waals surface area (Å²) < 4.78 is 0. The zero-order chi connectivity index (χ0) is 14.7. The third kappa shape index (κ3) is 3.20. The number of carboxylic acid groups (broad SMARTS) is 1. The Morgan fingerprint density at radius 3 is 2.45 bits per heavy atom. The first kappa shape index (κ1) is 14.2. The molecule has 0 saturated carbocycles. The lowest BCUT2D eigenvalue weighted by Crippen LogP contribution is -2.38. The van der Waals surface area contributed by atoms with Crippen LogP contribution in [0.15, 0.2) is 18.2 Å². The van der Waals surface area contributed by atoms with Crippen molar-refractivity contribution in [3.63, 3.8) is 0 Å². The first-order chi connectivity index (χ1) is 9.47. The summed E-state index contributed by atoms with van der Waals surface area (Å²) in [6, 6.07) is 3.83. The summed E-state index contributed by atoms with van der Waals surface area (Å²) in [5.74, 6) is -1.31. The Balaban J connectivity index is 2.01. The summed E-state index contributed by atoms with van der Waals surface area (Å²) in [6.07, 6.45) is 1.40. The smallest absolute Gasteiger partial charge is 0.303 e. The van der Waals surface area contributed by atoms with Gasteiger partial charge in [-0.15, -0.1) is 0 Å². The molecule has 1 aromatic carbocycles. The standard InChI is InChI=1S/C14H17NO5/c16-10-1-2-12(17)11(8-10)14(20)15-5-3-9(4-6-15)7-13(18)19/h1-2,8-9,16-17H,3-7H2,(H,18,19). The highest BCUT2D eigenvalue weighted by molar-refractivity contribution is 5.97. The van der Waals surface area contributed by atoms with Gasteiger partial charge in [-0.1, -0.05) is 0 Å². The minimum absolute atomic E-state index is 0.0710. The number of phenols is 2. The van der Waals surface area contributed by atoms with Crippen LogP contribution >= 0.6 is 0 Å². The molecule has 20 heavy (non-hydrogen) atoms. The van der Waals surface area contributed by atoms with E-state index in [0.717, 1.165) is 0 Å². The van der Waals surface area contributed by atoms with Crippen molar-refractivity contribution >= 4 is 11.9 Å². The SMILES string of the molecule is O=C(O)CC1CCN(C(=O)c2cc(O)ccc2O)CC1. The van der Waals surface area contributed by atoms with Crippen LogP contribution in [0.25, 0.3) is 0 Å². The second-order valence-electron chi connectivity index (χ2n) is 5.03. The molecule has 0 aliphatic carbocycles. The molecule has 0 spiro atoms. The van der Waals surface area contributed by atoms with Crippen molar-refractivity contribution in [2.24, 2.45) is 5.92 Å². The summed E-state index contributed by atoms with van der Waals surface area (Å²) in [6.45, 7) is 0.928. The number of likely N-dealkylation sites (tertiary alicyclic amines) is 1. The van der Waals surface area contributed by atoms with E-state index in [2.05, 4.69) is 0 Å². The molecule has 6 heteroatoms. The predicted octanol–water partition coefficient (Wildman–Crippen LogP) is 1.42. The van der Waals surface area contributed by atoms with Gasteiger partial charge in [0, 0.05) is 19.5 Å². The third-order valence-corrected chi connectivity index (χ3v) is 3.58. The minimum Gasteiger partial charge on any atom is -0.508 e. The van der Waals surface area contributed by atoms with E-state index >= 15 is 0 Å². The van der Waals surface area contributed by atoms with Gasteiger partial charge < -0.3 is 20.2 Å². The Bertz CT molecular complexity index is 520. The van der Waals surface area contributed by atoms with Crippen molar-refractivity contribution < 1.29 is 24.9 Å². The fraction of sp³-hybridized carbons (Fsp3) is 0.429. The normalized spacial score (nSPS) is 16.1. The van der Waals surface area contributed by atoms with Crippen LogP contribution in [0.5, 0.6) is 11.5 Å². The number of carbonyl (C=O) groups excluding carboxylic acids is 1. The summed E-state index contributed by atoms with van der Waals surface area (Å²) in [4.78, 5) is 24.5. The molecule has 3 N–H and O–H groups in total. The molecule has 0 unspecified atom stereocenters. The van der Waals surface area contributed by atoms with E-state index in [9.17, 15) is 19.8 Å². The van der Waals surface area contributed by atoms with E-state index < -0.39 is 5.97 Å². The van der Waals surface area contributed by atoms with Crippen molar-refractivity contribution in [3.8, 4) is 11.5 Å². The van der Waals surface area contributed by atoms with E-state index in [0.29, 0.717) is 25.9 Å². The van der Waals surface area contributed by atoms with Crippen molar-refractivity contribution in [2.45, 2.75) is 19.3 Å². The second kappa shape index (κ2) is 5.81. The Kier molecular flexibility index (Phi) is 4.12. The van der Waals surface area contributed by atoms with Crippen LogP contribution in [0.4, 0.5) is 0 Å². The maximum atomic E-state index is 12.2. The number of piperidine rings is 1. The van der Waals surface area contributed by atoms with Crippen LogP contribution in [-0.2, 0) is 4.79 Å². The maximum Gasteiger partial charge on any atom is 0.303 e. The molecule has 0 atom stereocenters. The molecule has 1 fully saturated rings. The number of nitrogens with zero attached hydrogens (tertiary/aromatic N) is 1. The third-order valence-electron chi connectivity index (χ3n) is 3.58. The highest BCUT2D eigenvalue weighted by atomic mass is 16.4. The van der Waals surface area contributed by atoms with Crippen LogP contribution in [0.1, 0.15) is 29.6 Å². The number of carbonyl (C=O) groups is 2. The first-order valence-corrected chi connectivity index (χ1v) is 6.50. The number of aromatic hydroxyl groups is 2. The van der Waals surface area contributed by atoms with Crippen molar-refractivity contribution in [3.05, 3.63) is 23.8 Å². The Labute approximate surface area is 116 Å². The molecule has 0 radical (unpaired) electrons. The summed E-state index contributed by atoms with van der Waals surface area (Å²) in [7, 11) is 0. The number of amides is 1. The van der Waals surface area contributed by atoms with Gasteiger partial charge in [-0.2, -0.15) is 0 Å². The number of carboxylic acids is 1. The largest absolute Gasteiger partial charge is 0.508 e. The lowest BCUT2D eigenvalue weighted by Gasteiger charge is -2.31. The van der Waals surface area contributed by atoms with Gasteiger partial charge in [-0.25, -0.2) is 0 Å². The molecular formula is C14H17NO5. The van der Waals surface area contributed by atoms with E-state index in [1.807, 2.05) is 0 Å². The zero-order valence-corrected chi connectivity index (χ0v) is 11.0. The fourth-order valence-electron chi connectivity index (χ4n) is 2.45. The molecule has 1 amide bonds. The van der Waals surface area contributed by atoms with Gasteiger partial charge in [0.05, 0.1) is 5.56 Å². The molecule has 1 aliphatic heterocycles. The van der Waals surface area contributed by atoms with Crippen molar-refractivity contribution in [1.29, 1.82) is 0 Å². The molecule has 1 aliphatic rings. The zero-order valence-electron chi connectivity index (χ0n) is 11.0. The average molecular weight is 279 g/mol. The number of phenolic OH excluding ortho intramolecular Hbond substituents is 2. The van der Waals surface area contributed by atoms with Crippen molar-refractivity contribution in [1.82, 2.24) is 4.90 Å². The molecule has 6 nitrogen and oxygen atoms in total. The highest BCUT2D eigenvalue weighted by Gasteiger charge is 2.26. The molecule has 0 bridgehead atoms. The molecule has 108 valence electrons. The molecule has 1 saturated heterocycles. The molecule has 1 aromatic rings. The van der Waals surface area contributed by atoms with Gasteiger partial charge in [0.2, 0.25) is 0 Å².